The number of hydrogen-bond donors (Lipinski definition) is 2. The van der Waals surface area contributed by atoms with Gasteiger partial charge in [0.25, 0.3) is 5.91 Å². The van der Waals surface area contributed by atoms with E-state index in [2.05, 4.69) is 5.32 Å². The first-order valence-electron chi connectivity index (χ1n) is 7.60. The third-order valence-corrected chi connectivity index (χ3v) is 4.23. The molecule has 3 aromatic rings. The van der Waals surface area contributed by atoms with Crippen LogP contribution in [0.1, 0.15) is 26.5 Å². The van der Waals surface area contributed by atoms with Gasteiger partial charge in [0.05, 0.1) is 10.6 Å². The van der Waals surface area contributed by atoms with Crippen molar-refractivity contribution in [3.63, 3.8) is 0 Å². The summed E-state index contributed by atoms with van der Waals surface area (Å²) in [6.07, 6.45) is 0. The Morgan fingerprint density at radius 3 is 2.38 bits per heavy atom. The summed E-state index contributed by atoms with van der Waals surface area (Å²) in [6, 6.07) is 14.5. The highest BCUT2D eigenvalue weighted by Crippen LogP contribution is 2.31. The molecule has 0 radical (unpaired) electrons. The molecule has 2 N–H and O–H groups in total. The molecule has 26 heavy (non-hydrogen) atoms. The third-order valence-electron chi connectivity index (χ3n) is 3.68. The van der Waals surface area contributed by atoms with E-state index in [1.54, 1.807) is 42.5 Å². The summed E-state index contributed by atoms with van der Waals surface area (Å²) < 4.78 is 5.57. The van der Waals surface area contributed by atoms with Crippen molar-refractivity contribution >= 4 is 35.1 Å². The van der Waals surface area contributed by atoms with E-state index < -0.39 is 5.97 Å². The van der Waals surface area contributed by atoms with Crippen molar-refractivity contribution in [2.75, 3.05) is 0 Å². The number of nitrogens with one attached hydrogen (secondary N) is 1. The molecule has 1 aromatic heterocycles. The zero-order valence-corrected chi connectivity index (χ0v) is 14.8. The zero-order valence-electron chi connectivity index (χ0n) is 13.3. The van der Waals surface area contributed by atoms with Gasteiger partial charge in [0.15, 0.2) is 5.76 Å². The Morgan fingerprint density at radius 2 is 1.73 bits per heavy atom. The van der Waals surface area contributed by atoms with E-state index in [9.17, 15) is 9.59 Å². The number of carboxylic acid groups (broad SMARTS) is 1. The maximum Gasteiger partial charge on any atom is 0.335 e. The predicted molar refractivity (Wildman–Crippen MR) is 98.7 cm³/mol. The van der Waals surface area contributed by atoms with Crippen LogP contribution < -0.4 is 5.32 Å². The first kappa shape index (κ1) is 18.0. The highest BCUT2D eigenvalue weighted by atomic mass is 35.5. The fraction of sp³-hybridized carbons (Fsp3) is 0.0526. The van der Waals surface area contributed by atoms with E-state index in [1.165, 1.54) is 12.1 Å². The Hall–Kier alpha value is -2.76. The second-order valence-corrected chi connectivity index (χ2v) is 6.32. The van der Waals surface area contributed by atoms with Gasteiger partial charge in [0.1, 0.15) is 5.76 Å². The second kappa shape index (κ2) is 7.64. The van der Waals surface area contributed by atoms with Crippen LogP contribution in [0.4, 0.5) is 0 Å². The first-order valence-corrected chi connectivity index (χ1v) is 8.35. The normalized spacial score (nSPS) is 10.5. The molecule has 0 spiro atoms. The Labute approximate surface area is 159 Å². The topological polar surface area (TPSA) is 79.5 Å². The second-order valence-electron chi connectivity index (χ2n) is 5.47. The van der Waals surface area contributed by atoms with Gasteiger partial charge < -0.3 is 14.8 Å². The van der Waals surface area contributed by atoms with Crippen LogP contribution in [0.2, 0.25) is 10.0 Å². The molecule has 0 aliphatic heterocycles. The molecule has 0 saturated heterocycles. The van der Waals surface area contributed by atoms with Crippen molar-refractivity contribution in [2.24, 2.45) is 0 Å². The number of benzene rings is 2. The van der Waals surface area contributed by atoms with Crippen LogP contribution in [0, 0.1) is 0 Å². The van der Waals surface area contributed by atoms with Crippen LogP contribution in [0.15, 0.2) is 59.0 Å². The maximum atomic E-state index is 12.2. The lowest BCUT2D eigenvalue weighted by Gasteiger charge is -2.04. The number of hydrogen-bond acceptors (Lipinski definition) is 3. The number of rotatable bonds is 5. The number of halogens is 2. The zero-order chi connectivity index (χ0) is 18.7. The monoisotopic (exact) mass is 389 g/mol. The Kier molecular flexibility index (Phi) is 5.30. The molecule has 1 heterocycles. The molecule has 2 aromatic carbocycles. The van der Waals surface area contributed by atoms with Gasteiger partial charge >= 0.3 is 5.97 Å². The quantitative estimate of drug-likeness (QED) is 0.651. The van der Waals surface area contributed by atoms with E-state index in [1.807, 2.05) is 0 Å². The van der Waals surface area contributed by atoms with Gasteiger partial charge in [-0.1, -0.05) is 35.3 Å². The van der Waals surface area contributed by atoms with Crippen LogP contribution >= 0.6 is 23.2 Å². The highest BCUT2D eigenvalue weighted by molar-refractivity contribution is 6.36. The van der Waals surface area contributed by atoms with E-state index in [0.29, 0.717) is 21.4 Å². The average Bonchev–Trinajstić information content (AvgIpc) is 3.10. The van der Waals surface area contributed by atoms with Crippen molar-refractivity contribution in [1.29, 1.82) is 0 Å². The lowest BCUT2D eigenvalue weighted by molar-refractivity contribution is 0.0696. The SMILES string of the molecule is O=C(O)c1ccc(CNC(=O)c2ccc(-c3ccc(Cl)cc3Cl)o2)cc1. The van der Waals surface area contributed by atoms with Gasteiger partial charge in [-0.15, -0.1) is 0 Å². The molecule has 0 saturated carbocycles. The lowest BCUT2D eigenvalue weighted by Crippen LogP contribution is -2.22. The number of carbonyl (C=O) groups excluding carboxylic acids is 1. The van der Waals surface area contributed by atoms with Gasteiger partial charge in [-0.05, 0) is 48.0 Å². The average molecular weight is 390 g/mol. The number of carboxylic acids is 1. The number of aromatic carboxylic acids is 1. The van der Waals surface area contributed by atoms with Crippen LogP contribution in [-0.4, -0.2) is 17.0 Å². The maximum absolute atomic E-state index is 12.2. The molecule has 0 bridgehead atoms. The van der Waals surface area contributed by atoms with Gasteiger partial charge in [0.2, 0.25) is 0 Å². The van der Waals surface area contributed by atoms with Gasteiger partial charge in [0, 0.05) is 17.1 Å². The summed E-state index contributed by atoms with van der Waals surface area (Å²) in [5.74, 6) is -0.774. The summed E-state index contributed by atoms with van der Waals surface area (Å²) in [7, 11) is 0. The Morgan fingerprint density at radius 1 is 1.00 bits per heavy atom. The molecule has 5 nitrogen and oxygen atoms in total. The molecule has 0 aliphatic carbocycles. The predicted octanol–water partition coefficient (Wildman–Crippen LogP) is 4.88. The van der Waals surface area contributed by atoms with Crippen molar-refractivity contribution in [1.82, 2.24) is 5.32 Å². The molecule has 1 amide bonds. The molecular formula is C19H13Cl2NO4. The van der Waals surface area contributed by atoms with Crippen molar-refractivity contribution < 1.29 is 19.1 Å². The smallest absolute Gasteiger partial charge is 0.335 e. The molecule has 3 rings (SSSR count). The molecule has 7 heteroatoms. The summed E-state index contributed by atoms with van der Waals surface area (Å²) in [5.41, 5.74) is 1.60. The summed E-state index contributed by atoms with van der Waals surface area (Å²) in [6.45, 7) is 0.246. The van der Waals surface area contributed by atoms with Gasteiger partial charge in [-0.25, -0.2) is 4.79 Å². The van der Waals surface area contributed by atoms with E-state index in [4.69, 9.17) is 32.7 Å². The molecule has 0 atom stereocenters. The van der Waals surface area contributed by atoms with Crippen LogP contribution in [0.25, 0.3) is 11.3 Å². The molecule has 132 valence electrons. The summed E-state index contributed by atoms with van der Waals surface area (Å²) in [4.78, 5) is 23.1. The van der Waals surface area contributed by atoms with E-state index in [-0.39, 0.29) is 23.8 Å². The number of carbonyl (C=O) groups is 2. The van der Waals surface area contributed by atoms with Crippen LogP contribution in [0.5, 0.6) is 0 Å². The summed E-state index contributed by atoms with van der Waals surface area (Å²) in [5, 5.41) is 12.5. The molecule has 0 unspecified atom stereocenters. The summed E-state index contributed by atoms with van der Waals surface area (Å²) >= 11 is 12.0. The molecular weight excluding hydrogens is 377 g/mol. The van der Waals surface area contributed by atoms with Crippen LogP contribution in [-0.2, 0) is 6.54 Å². The van der Waals surface area contributed by atoms with Gasteiger partial charge in [-0.2, -0.15) is 0 Å². The number of furan rings is 1. The fourth-order valence-corrected chi connectivity index (χ4v) is 2.83. The minimum atomic E-state index is -0.996. The fourth-order valence-electron chi connectivity index (χ4n) is 2.33. The lowest BCUT2D eigenvalue weighted by atomic mass is 10.1. The van der Waals surface area contributed by atoms with Crippen molar-refractivity contribution in [2.45, 2.75) is 6.54 Å². The minimum absolute atomic E-state index is 0.146. The highest BCUT2D eigenvalue weighted by Gasteiger charge is 2.14. The minimum Gasteiger partial charge on any atom is -0.478 e. The number of amides is 1. The van der Waals surface area contributed by atoms with E-state index in [0.717, 1.165) is 5.56 Å². The Bertz CT molecular complexity index is 964. The van der Waals surface area contributed by atoms with Gasteiger partial charge in [-0.3, -0.25) is 4.79 Å². The van der Waals surface area contributed by atoms with Crippen LogP contribution in [0.3, 0.4) is 0 Å². The van der Waals surface area contributed by atoms with Crippen molar-refractivity contribution in [3.05, 3.63) is 81.5 Å². The van der Waals surface area contributed by atoms with E-state index >= 15 is 0 Å². The molecule has 0 fully saturated rings. The third kappa shape index (κ3) is 4.07. The van der Waals surface area contributed by atoms with Crippen molar-refractivity contribution in [3.8, 4) is 11.3 Å². The largest absolute Gasteiger partial charge is 0.478 e. The molecule has 0 aliphatic rings. The first-order chi connectivity index (χ1) is 12.4. The Balaban J connectivity index is 1.67. The standard InChI is InChI=1S/C19H13Cl2NO4/c20-13-5-6-14(15(21)9-13)16-7-8-17(26-16)18(23)22-10-11-1-3-12(4-2-11)19(24)25/h1-9H,10H2,(H,22,23)(H,24,25).